The van der Waals surface area contributed by atoms with Crippen LogP contribution in [0.2, 0.25) is 0 Å². The van der Waals surface area contributed by atoms with Crippen molar-refractivity contribution in [2.24, 2.45) is 0 Å². The van der Waals surface area contributed by atoms with Crippen LogP contribution in [0.1, 0.15) is 51.3 Å². The molecule has 2 aliphatic rings. The lowest BCUT2D eigenvalue weighted by molar-refractivity contribution is 0.591. The van der Waals surface area contributed by atoms with Crippen LogP contribution in [-0.2, 0) is 10.8 Å². The summed E-state index contributed by atoms with van der Waals surface area (Å²) in [4.78, 5) is 0. The lowest BCUT2D eigenvalue weighted by Crippen LogP contribution is -2.15. The third kappa shape index (κ3) is 3.71. The van der Waals surface area contributed by atoms with Gasteiger partial charge in [0.2, 0.25) is 0 Å². The number of hydrogen-bond acceptors (Lipinski definition) is 0. The molecule has 0 aliphatic heterocycles. The summed E-state index contributed by atoms with van der Waals surface area (Å²) in [6.07, 6.45) is 0. The quantitative estimate of drug-likeness (QED) is 0.152. The summed E-state index contributed by atoms with van der Waals surface area (Å²) in [5.74, 6) is 0. The fourth-order valence-electron chi connectivity index (χ4n) is 10.4. The van der Waals surface area contributed by atoms with E-state index in [2.05, 4.69) is 174 Å². The van der Waals surface area contributed by atoms with Gasteiger partial charge in [-0.05, 0) is 156 Å². The first-order valence-electron chi connectivity index (χ1n) is 19.1. The van der Waals surface area contributed by atoms with Gasteiger partial charge < -0.3 is 0 Å². The average Bonchev–Trinajstić information content (AvgIpc) is 3.61. The van der Waals surface area contributed by atoms with Gasteiger partial charge in [0.1, 0.15) is 0 Å². The highest BCUT2D eigenvalue weighted by Gasteiger charge is 2.38. The van der Waals surface area contributed by atoms with Gasteiger partial charge in [0.15, 0.2) is 0 Å². The fourth-order valence-corrected chi connectivity index (χ4v) is 10.4. The Bertz CT molecular complexity index is 3250. The number of fused-ring (bicyclic) bond motifs is 11. The number of benzene rings is 10. The monoisotopic (exact) mass is 674 g/mol. The van der Waals surface area contributed by atoms with Crippen LogP contribution in [0.15, 0.2) is 140 Å². The van der Waals surface area contributed by atoms with Crippen LogP contribution in [0.3, 0.4) is 0 Å². The van der Waals surface area contributed by atoms with Crippen LogP contribution in [0.5, 0.6) is 0 Å². The summed E-state index contributed by atoms with van der Waals surface area (Å²) in [6.45, 7) is 11.8. The van der Waals surface area contributed by atoms with E-state index in [4.69, 9.17) is 0 Å². The Morgan fingerprint density at radius 2 is 1.00 bits per heavy atom. The van der Waals surface area contributed by atoms with E-state index in [1.54, 1.807) is 0 Å². The highest BCUT2D eigenvalue weighted by Crippen LogP contribution is 2.55. The van der Waals surface area contributed by atoms with E-state index in [0.717, 1.165) is 0 Å². The molecule has 0 nitrogen and oxygen atoms in total. The zero-order valence-corrected chi connectivity index (χ0v) is 30.8. The molecule has 0 radical (unpaired) electrons. The van der Waals surface area contributed by atoms with Gasteiger partial charge in [-0.25, -0.2) is 0 Å². The Kier molecular flexibility index (Phi) is 5.42. The van der Waals surface area contributed by atoms with E-state index in [-0.39, 0.29) is 10.8 Å². The van der Waals surface area contributed by atoms with Gasteiger partial charge in [-0.2, -0.15) is 0 Å². The lowest BCUT2D eigenvalue weighted by Gasteiger charge is -2.24. The second-order valence-corrected chi connectivity index (χ2v) is 17.3. The maximum atomic E-state index is 2.52. The molecular weight excluding hydrogens is 637 g/mol. The molecule has 0 aromatic heterocycles. The Morgan fingerprint density at radius 1 is 0.377 bits per heavy atom. The zero-order valence-electron chi connectivity index (χ0n) is 30.8. The first-order chi connectivity index (χ1) is 25.7. The second-order valence-electron chi connectivity index (χ2n) is 17.3. The predicted octanol–water partition coefficient (Wildman–Crippen LogP) is 15.0. The van der Waals surface area contributed by atoms with Crippen molar-refractivity contribution in [1.29, 1.82) is 0 Å². The van der Waals surface area contributed by atoms with Crippen molar-refractivity contribution in [3.05, 3.63) is 156 Å². The number of hydrogen-bond donors (Lipinski definition) is 0. The molecule has 10 aromatic carbocycles. The molecule has 0 fully saturated rings. The molecule has 0 amide bonds. The molecule has 0 saturated carbocycles. The first-order valence-corrected chi connectivity index (χ1v) is 19.1. The third-order valence-corrected chi connectivity index (χ3v) is 13.0. The Hall–Kier alpha value is -5.98. The minimum Gasteiger partial charge on any atom is -0.0616 e. The molecular formula is C53H38. The van der Waals surface area contributed by atoms with Crippen molar-refractivity contribution in [3.63, 3.8) is 0 Å². The SMILES string of the molecule is CC(C)(C)c1cc2ccc3cc4c(c5ccc(c1)c2c35)-c1ccc(-c2cc3c5cccc6c5c(cc3c3ccccc23)-c2ccccc2-6)cc1C4(C)C. The molecule has 0 N–H and O–H groups in total. The molecule has 0 bridgehead atoms. The van der Waals surface area contributed by atoms with Crippen LogP contribution >= 0.6 is 0 Å². The van der Waals surface area contributed by atoms with Gasteiger partial charge in [-0.15, -0.1) is 0 Å². The van der Waals surface area contributed by atoms with Crippen LogP contribution < -0.4 is 0 Å². The molecule has 0 heterocycles. The maximum absolute atomic E-state index is 2.52. The van der Waals surface area contributed by atoms with Gasteiger partial charge in [0, 0.05) is 5.41 Å². The normalized spacial score (nSPS) is 14.3. The largest absolute Gasteiger partial charge is 0.0616 e. The Labute approximate surface area is 309 Å². The van der Waals surface area contributed by atoms with Crippen molar-refractivity contribution in [1.82, 2.24) is 0 Å². The van der Waals surface area contributed by atoms with Crippen LogP contribution in [0.4, 0.5) is 0 Å². The van der Waals surface area contributed by atoms with E-state index in [1.165, 1.54) is 126 Å². The molecule has 0 atom stereocenters. The summed E-state index contributed by atoms with van der Waals surface area (Å²) in [6, 6.07) is 53.9. The van der Waals surface area contributed by atoms with Crippen molar-refractivity contribution < 1.29 is 0 Å². The molecule has 12 rings (SSSR count). The molecule has 2 aliphatic carbocycles. The van der Waals surface area contributed by atoms with Crippen molar-refractivity contribution >= 4 is 64.6 Å². The summed E-state index contributed by atoms with van der Waals surface area (Å²) in [5, 5.41) is 16.2. The third-order valence-electron chi connectivity index (χ3n) is 13.0. The molecule has 0 heteroatoms. The fraction of sp³-hybridized carbons (Fsp3) is 0.132. The predicted molar refractivity (Wildman–Crippen MR) is 229 cm³/mol. The zero-order chi connectivity index (χ0) is 35.5. The maximum Gasteiger partial charge on any atom is 0.0159 e. The van der Waals surface area contributed by atoms with Crippen LogP contribution in [0.25, 0.3) is 109 Å². The minimum atomic E-state index is -0.141. The molecule has 0 spiro atoms. The first kappa shape index (κ1) is 29.6. The van der Waals surface area contributed by atoms with Gasteiger partial charge in [-0.1, -0.05) is 150 Å². The average molecular weight is 675 g/mol. The van der Waals surface area contributed by atoms with Gasteiger partial charge in [0.25, 0.3) is 0 Å². The molecule has 250 valence electrons. The molecule has 0 unspecified atom stereocenters. The molecule has 10 aromatic rings. The highest BCUT2D eigenvalue weighted by molar-refractivity contribution is 6.29. The highest BCUT2D eigenvalue weighted by atomic mass is 14.4. The topological polar surface area (TPSA) is 0 Å². The van der Waals surface area contributed by atoms with E-state index in [9.17, 15) is 0 Å². The Morgan fingerprint density at radius 3 is 1.77 bits per heavy atom. The van der Waals surface area contributed by atoms with E-state index in [0.29, 0.717) is 0 Å². The van der Waals surface area contributed by atoms with Gasteiger partial charge >= 0.3 is 0 Å². The summed E-state index contributed by atoms with van der Waals surface area (Å²) in [5.41, 5.74) is 14.9. The van der Waals surface area contributed by atoms with E-state index in [1.807, 2.05) is 0 Å². The molecule has 0 saturated heterocycles. The summed E-state index contributed by atoms with van der Waals surface area (Å²) < 4.78 is 0. The summed E-state index contributed by atoms with van der Waals surface area (Å²) in [7, 11) is 0. The lowest BCUT2D eigenvalue weighted by atomic mass is 9.79. The van der Waals surface area contributed by atoms with Crippen molar-refractivity contribution in [2.45, 2.75) is 45.4 Å². The van der Waals surface area contributed by atoms with Crippen molar-refractivity contribution in [2.75, 3.05) is 0 Å². The summed E-state index contributed by atoms with van der Waals surface area (Å²) >= 11 is 0. The van der Waals surface area contributed by atoms with Crippen LogP contribution in [0, 0.1) is 0 Å². The van der Waals surface area contributed by atoms with Gasteiger partial charge in [0.05, 0.1) is 0 Å². The minimum absolute atomic E-state index is 0.0996. The molecule has 53 heavy (non-hydrogen) atoms. The van der Waals surface area contributed by atoms with Gasteiger partial charge in [-0.3, -0.25) is 0 Å². The van der Waals surface area contributed by atoms with E-state index < -0.39 is 0 Å². The second kappa shape index (κ2) is 9.71. The van der Waals surface area contributed by atoms with Crippen molar-refractivity contribution in [3.8, 4) is 44.5 Å². The standard InChI is InChI=1S/C53H38/c1-52(2,3)33-23-30-17-18-32-26-47-51(41-22-20-31(24-33)48(30)49(32)41)40-21-19-29(25-46(40)53(47,4)5)42-27-44-39-16-10-15-38-34-11-6-9-14-37(34)45(50(38)39)28-43(44)36-13-8-7-12-35(36)42/h6-28H,1-5H3. The van der Waals surface area contributed by atoms with Crippen LogP contribution in [-0.4, -0.2) is 0 Å². The Balaban J connectivity index is 1.10. The van der Waals surface area contributed by atoms with E-state index >= 15 is 0 Å². The smallest absolute Gasteiger partial charge is 0.0159 e. The number of rotatable bonds is 1.